The maximum atomic E-state index is 13.5. The van der Waals surface area contributed by atoms with Crippen LogP contribution in [0.25, 0.3) is 5.57 Å². The molecule has 0 aliphatic carbocycles. The van der Waals surface area contributed by atoms with Gasteiger partial charge >= 0.3 is 12.1 Å². The minimum absolute atomic E-state index is 0.0492. The molecule has 0 radical (unpaired) electrons. The highest BCUT2D eigenvalue weighted by Crippen LogP contribution is 2.39. The first-order chi connectivity index (χ1) is 16.1. The Bertz CT molecular complexity index is 1170. The van der Waals surface area contributed by atoms with Gasteiger partial charge in [0.1, 0.15) is 0 Å². The summed E-state index contributed by atoms with van der Waals surface area (Å²) in [6, 6.07) is 12.0. The number of sulfonamides is 1. The zero-order valence-electron chi connectivity index (χ0n) is 18.7. The lowest BCUT2D eigenvalue weighted by Crippen LogP contribution is -2.45. The van der Waals surface area contributed by atoms with E-state index >= 15 is 0 Å². The van der Waals surface area contributed by atoms with Crippen molar-refractivity contribution < 1.29 is 31.1 Å². The van der Waals surface area contributed by atoms with Crippen LogP contribution in [-0.2, 0) is 25.7 Å². The van der Waals surface area contributed by atoms with Crippen LogP contribution < -0.4 is 0 Å². The molecule has 0 aromatic heterocycles. The topological polar surface area (TPSA) is 63.7 Å². The number of nitrogens with zero attached hydrogens (tertiary/aromatic N) is 1. The number of carbonyl (C=O) groups is 1. The molecule has 1 unspecified atom stereocenters. The third-order valence-corrected chi connectivity index (χ3v) is 7.56. The van der Waals surface area contributed by atoms with Crippen molar-refractivity contribution in [2.75, 3.05) is 13.2 Å². The highest BCUT2D eigenvalue weighted by Gasteiger charge is 2.39. The molecule has 1 aliphatic heterocycles. The summed E-state index contributed by atoms with van der Waals surface area (Å²) in [5, 5.41) is 0. The maximum absolute atomic E-state index is 13.5. The molecule has 5 nitrogen and oxygen atoms in total. The second-order valence-corrected chi connectivity index (χ2v) is 9.67. The molecule has 0 N–H and O–H groups in total. The molecule has 0 saturated heterocycles. The normalized spacial score (nSPS) is 17.5. The smallest absolute Gasteiger partial charge is 0.416 e. The van der Waals surface area contributed by atoms with Crippen molar-refractivity contribution in [3.63, 3.8) is 0 Å². The number of alkyl halides is 3. The summed E-state index contributed by atoms with van der Waals surface area (Å²) in [6.07, 6.45) is -2.90. The van der Waals surface area contributed by atoms with Crippen molar-refractivity contribution in [3.05, 3.63) is 84.0 Å². The average molecular weight is 494 g/mol. The Morgan fingerprint density at radius 1 is 1.18 bits per heavy atom. The van der Waals surface area contributed by atoms with Crippen molar-refractivity contribution in [2.24, 2.45) is 0 Å². The van der Waals surface area contributed by atoms with Gasteiger partial charge in [-0.25, -0.2) is 8.42 Å². The monoisotopic (exact) mass is 493 g/mol. The summed E-state index contributed by atoms with van der Waals surface area (Å²) in [5.74, 6) is -0.574. The lowest BCUT2D eigenvalue weighted by molar-refractivity contribution is -0.142. The van der Waals surface area contributed by atoms with E-state index in [9.17, 15) is 26.4 Å². The summed E-state index contributed by atoms with van der Waals surface area (Å²) in [7, 11) is -3.93. The first-order valence-electron chi connectivity index (χ1n) is 10.8. The van der Waals surface area contributed by atoms with E-state index < -0.39 is 33.8 Å². The lowest BCUT2D eigenvalue weighted by Gasteiger charge is -2.38. The van der Waals surface area contributed by atoms with Gasteiger partial charge in [0.25, 0.3) is 0 Å². The van der Waals surface area contributed by atoms with Crippen LogP contribution in [0.3, 0.4) is 0 Å². The van der Waals surface area contributed by atoms with Crippen LogP contribution in [0, 0.1) is 0 Å². The van der Waals surface area contributed by atoms with Crippen LogP contribution in [0.4, 0.5) is 13.2 Å². The van der Waals surface area contributed by atoms with Gasteiger partial charge in [-0.05, 0) is 60.7 Å². The van der Waals surface area contributed by atoms with Crippen molar-refractivity contribution in [1.29, 1.82) is 0 Å². The first-order valence-corrected chi connectivity index (χ1v) is 12.3. The molecule has 34 heavy (non-hydrogen) atoms. The van der Waals surface area contributed by atoms with Crippen LogP contribution in [0.5, 0.6) is 0 Å². The van der Waals surface area contributed by atoms with E-state index in [-0.39, 0.29) is 37.3 Å². The average Bonchev–Trinajstić information content (AvgIpc) is 2.80. The molecule has 1 atom stereocenters. The van der Waals surface area contributed by atoms with Gasteiger partial charge in [-0.1, -0.05) is 36.4 Å². The molecule has 182 valence electrons. The fourth-order valence-corrected chi connectivity index (χ4v) is 5.80. The zero-order valence-corrected chi connectivity index (χ0v) is 19.5. The minimum Gasteiger partial charge on any atom is -0.466 e. The third-order valence-electron chi connectivity index (χ3n) is 5.64. The molecule has 3 rings (SSSR count). The molecule has 0 fully saturated rings. The Balaban J connectivity index is 2.16. The number of halogens is 3. The van der Waals surface area contributed by atoms with Gasteiger partial charge in [-0.2, -0.15) is 17.5 Å². The molecule has 1 heterocycles. The number of ether oxygens (including phenoxy) is 1. The standard InChI is InChI=1S/C25H26F3NO4S/c1-3-9-23-22(17-24(30)33-4-2)21(18-10-8-11-19(16-18)25(26,27)28)14-15-29(23)34(31,32)20-12-6-5-7-13-20/h3,5-8,10-13,16,23H,1,4,9,14-15,17H2,2H3. The van der Waals surface area contributed by atoms with Crippen LogP contribution in [-0.4, -0.2) is 37.9 Å². The van der Waals surface area contributed by atoms with Crippen molar-refractivity contribution in [1.82, 2.24) is 4.31 Å². The van der Waals surface area contributed by atoms with Crippen LogP contribution >= 0.6 is 0 Å². The molecule has 0 spiro atoms. The highest BCUT2D eigenvalue weighted by molar-refractivity contribution is 7.89. The number of carbonyl (C=O) groups excluding carboxylic acids is 1. The fourth-order valence-electron chi connectivity index (χ4n) is 4.15. The lowest BCUT2D eigenvalue weighted by atomic mass is 9.86. The second kappa shape index (κ2) is 10.6. The second-order valence-electron chi connectivity index (χ2n) is 7.78. The molecular weight excluding hydrogens is 467 g/mol. The van der Waals surface area contributed by atoms with Crippen LogP contribution in [0.1, 0.15) is 37.3 Å². The summed E-state index contributed by atoms with van der Waals surface area (Å²) >= 11 is 0. The number of rotatable bonds is 8. The third kappa shape index (κ3) is 5.59. The Morgan fingerprint density at radius 2 is 1.88 bits per heavy atom. The van der Waals surface area contributed by atoms with Crippen LogP contribution in [0.15, 0.2) is 77.7 Å². The molecule has 9 heteroatoms. The van der Waals surface area contributed by atoms with Crippen molar-refractivity contribution >= 4 is 21.6 Å². The molecule has 1 aliphatic rings. The number of hydrogen-bond acceptors (Lipinski definition) is 4. The largest absolute Gasteiger partial charge is 0.466 e. The molecule has 0 saturated carbocycles. The molecule has 2 aromatic rings. The van der Waals surface area contributed by atoms with Gasteiger partial charge in [0.2, 0.25) is 10.0 Å². The summed E-state index contributed by atoms with van der Waals surface area (Å²) in [6.45, 7) is 5.55. The van der Waals surface area contributed by atoms with E-state index in [1.54, 1.807) is 37.3 Å². The Kier molecular flexibility index (Phi) is 7.99. The predicted molar refractivity (Wildman–Crippen MR) is 123 cm³/mol. The van der Waals surface area contributed by atoms with E-state index in [1.165, 1.54) is 22.5 Å². The Labute approximate surface area is 197 Å². The number of benzene rings is 2. The van der Waals surface area contributed by atoms with Gasteiger partial charge in [0.05, 0.1) is 29.5 Å². The number of hydrogen-bond donors (Lipinski definition) is 0. The van der Waals surface area contributed by atoms with Gasteiger partial charge in [0.15, 0.2) is 0 Å². The fraction of sp³-hybridized carbons (Fsp3) is 0.320. The van der Waals surface area contributed by atoms with Gasteiger partial charge in [-0.3, -0.25) is 4.79 Å². The molecular formula is C25H26F3NO4S. The quantitative estimate of drug-likeness (QED) is 0.362. The predicted octanol–water partition coefficient (Wildman–Crippen LogP) is 5.45. The molecule has 0 bridgehead atoms. The van der Waals surface area contributed by atoms with E-state index in [4.69, 9.17) is 4.74 Å². The van der Waals surface area contributed by atoms with Gasteiger partial charge in [-0.15, -0.1) is 6.58 Å². The van der Waals surface area contributed by atoms with Crippen molar-refractivity contribution in [3.8, 4) is 0 Å². The van der Waals surface area contributed by atoms with E-state index in [0.717, 1.165) is 12.1 Å². The summed E-state index contributed by atoms with van der Waals surface area (Å²) in [4.78, 5) is 12.6. The summed E-state index contributed by atoms with van der Waals surface area (Å²) < 4.78 is 73.4. The van der Waals surface area contributed by atoms with Gasteiger partial charge < -0.3 is 4.74 Å². The van der Waals surface area contributed by atoms with E-state index in [2.05, 4.69) is 6.58 Å². The Hall–Kier alpha value is -2.91. The minimum atomic E-state index is -4.53. The first kappa shape index (κ1) is 25.7. The van der Waals surface area contributed by atoms with Crippen LogP contribution in [0.2, 0.25) is 0 Å². The number of esters is 1. The Morgan fingerprint density at radius 3 is 2.50 bits per heavy atom. The summed E-state index contributed by atoms with van der Waals surface area (Å²) in [5.41, 5.74) is 0.432. The zero-order chi connectivity index (χ0) is 24.9. The van der Waals surface area contributed by atoms with Crippen molar-refractivity contribution in [2.45, 2.75) is 43.3 Å². The SMILES string of the molecule is C=CCC1C(CC(=O)OCC)=C(c2cccc(C(F)(F)F)c2)CCN1S(=O)(=O)c1ccccc1. The van der Waals surface area contributed by atoms with E-state index in [1.807, 2.05) is 0 Å². The highest BCUT2D eigenvalue weighted by atomic mass is 32.2. The van der Waals surface area contributed by atoms with E-state index in [0.29, 0.717) is 16.7 Å². The molecule has 0 amide bonds. The molecule has 2 aromatic carbocycles. The maximum Gasteiger partial charge on any atom is 0.416 e. The van der Waals surface area contributed by atoms with Gasteiger partial charge in [0, 0.05) is 6.54 Å².